The van der Waals surface area contributed by atoms with Crippen LogP contribution in [-0.4, -0.2) is 43.9 Å². The number of nitro benzene ring substituents is 1. The van der Waals surface area contributed by atoms with E-state index in [0.717, 1.165) is 11.6 Å². The summed E-state index contributed by atoms with van der Waals surface area (Å²) in [4.78, 5) is 10.2. The lowest BCUT2D eigenvalue weighted by atomic mass is 10.2. The van der Waals surface area contributed by atoms with E-state index in [-0.39, 0.29) is 22.8 Å². The Morgan fingerprint density at radius 3 is 2.41 bits per heavy atom. The third kappa shape index (κ3) is 4.41. The van der Waals surface area contributed by atoms with Gasteiger partial charge in [-0.2, -0.15) is 4.31 Å². The van der Waals surface area contributed by atoms with E-state index in [0.29, 0.717) is 26.3 Å². The number of hydrogen-bond donors (Lipinski definition) is 1. The van der Waals surface area contributed by atoms with Crippen molar-refractivity contribution in [1.82, 2.24) is 4.31 Å². The molecule has 0 atom stereocenters. The standard InChI is InChI=1S/C17H18FN3O5S/c18-16-11-14(21(22)23)3-6-17(16)19-12-13-1-4-15(5-2-13)27(24,25)20-7-9-26-10-8-20/h1-6,11,19H,7-10,12H2. The summed E-state index contributed by atoms with van der Waals surface area (Å²) in [7, 11) is -3.56. The molecule has 0 aliphatic carbocycles. The normalized spacial score (nSPS) is 15.4. The Balaban J connectivity index is 1.67. The predicted octanol–water partition coefficient (Wildman–Crippen LogP) is 2.37. The van der Waals surface area contributed by atoms with E-state index in [2.05, 4.69) is 5.32 Å². The van der Waals surface area contributed by atoms with Crippen molar-refractivity contribution in [2.45, 2.75) is 11.4 Å². The third-order valence-corrected chi connectivity index (χ3v) is 6.09. The van der Waals surface area contributed by atoms with Gasteiger partial charge < -0.3 is 10.1 Å². The molecular weight excluding hydrogens is 377 g/mol. The van der Waals surface area contributed by atoms with Crippen molar-refractivity contribution in [1.29, 1.82) is 0 Å². The zero-order valence-corrected chi connectivity index (χ0v) is 15.1. The van der Waals surface area contributed by atoms with E-state index < -0.39 is 20.8 Å². The van der Waals surface area contributed by atoms with Crippen LogP contribution >= 0.6 is 0 Å². The van der Waals surface area contributed by atoms with Gasteiger partial charge >= 0.3 is 0 Å². The Hall–Kier alpha value is -2.56. The molecule has 0 spiro atoms. The molecule has 0 aromatic heterocycles. The molecule has 1 fully saturated rings. The van der Waals surface area contributed by atoms with Crippen LogP contribution in [0.2, 0.25) is 0 Å². The number of morpholine rings is 1. The number of ether oxygens (including phenoxy) is 1. The molecule has 0 amide bonds. The molecule has 1 saturated heterocycles. The van der Waals surface area contributed by atoms with Gasteiger partial charge in [0.15, 0.2) is 5.82 Å². The van der Waals surface area contributed by atoms with Crippen molar-refractivity contribution in [2.24, 2.45) is 0 Å². The average molecular weight is 395 g/mol. The highest BCUT2D eigenvalue weighted by atomic mass is 32.2. The molecule has 3 rings (SSSR count). The van der Waals surface area contributed by atoms with Crippen molar-refractivity contribution >= 4 is 21.4 Å². The lowest BCUT2D eigenvalue weighted by Gasteiger charge is -2.26. The highest BCUT2D eigenvalue weighted by Gasteiger charge is 2.26. The SMILES string of the molecule is O=[N+]([O-])c1ccc(NCc2ccc(S(=O)(=O)N3CCOCC3)cc2)c(F)c1. The molecule has 1 heterocycles. The van der Waals surface area contributed by atoms with Crippen LogP contribution in [0.1, 0.15) is 5.56 Å². The van der Waals surface area contributed by atoms with E-state index >= 15 is 0 Å². The second-order valence-electron chi connectivity index (χ2n) is 5.94. The third-order valence-electron chi connectivity index (χ3n) is 4.18. The molecule has 0 unspecified atom stereocenters. The van der Waals surface area contributed by atoms with Gasteiger partial charge in [0.1, 0.15) is 0 Å². The first-order valence-electron chi connectivity index (χ1n) is 8.22. The van der Waals surface area contributed by atoms with Gasteiger partial charge in [-0.05, 0) is 23.8 Å². The summed E-state index contributed by atoms with van der Waals surface area (Å²) in [5.74, 6) is -0.726. The summed E-state index contributed by atoms with van der Waals surface area (Å²) < 4.78 is 45.6. The lowest BCUT2D eigenvalue weighted by Crippen LogP contribution is -2.40. The molecule has 8 nitrogen and oxygen atoms in total. The number of non-ortho nitro benzene ring substituents is 1. The summed E-state index contributed by atoms with van der Waals surface area (Å²) >= 11 is 0. The van der Waals surface area contributed by atoms with E-state index in [4.69, 9.17) is 4.74 Å². The van der Waals surface area contributed by atoms with Crippen molar-refractivity contribution in [3.8, 4) is 0 Å². The summed E-state index contributed by atoms with van der Waals surface area (Å²) in [5.41, 5.74) is 0.551. The summed E-state index contributed by atoms with van der Waals surface area (Å²) in [5, 5.41) is 13.5. The molecule has 0 saturated carbocycles. The first-order valence-corrected chi connectivity index (χ1v) is 9.66. The molecule has 27 heavy (non-hydrogen) atoms. The number of halogens is 1. The second kappa shape index (κ2) is 7.99. The molecule has 0 radical (unpaired) electrons. The first kappa shape index (κ1) is 19.2. The number of benzene rings is 2. The molecule has 144 valence electrons. The Kier molecular flexibility index (Phi) is 5.68. The van der Waals surface area contributed by atoms with Gasteiger partial charge in [0.25, 0.3) is 5.69 Å². The largest absolute Gasteiger partial charge is 0.379 e. The van der Waals surface area contributed by atoms with E-state index in [9.17, 15) is 22.9 Å². The van der Waals surface area contributed by atoms with Crippen molar-refractivity contribution in [2.75, 3.05) is 31.6 Å². The number of hydrogen-bond acceptors (Lipinski definition) is 6. The second-order valence-corrected chi connectivity index (χ2v) is 7.87. The minimum atomic E-state index is -3.56. The quantitative estimate of drug-likeness (QED) is 0.595. The topological polar surface area (TPSA) is 102 Å². The van der Waals surface area contributed by atoms with Gasteiger partial charge in [0.2, 0.25) is 10.0 Å². The first-order chi connectivity index (χ1) is 12.9. The minimum absolute atomic E-state index is 0.130. The molecule has 0 bridgehead atoms. The smallest absolute Gasteiger partial charge is 0.272 e. The number of rotatable bonds is 6. The molecule has 2 aromatic carbocycles. The maximum absolute atomic E-state index is 13.9. The van der Waals surface area contributed by atoms with Crippen LogP contribution in [-0.2, 0) is 21.3 Å². The van der Waals surface area contributed by atoms with Crippen molar-refractivity contribution in [3.05, 3.63) is 64.0 Å². The van der Waals surface area contributed by atoms with Gasteiger partial charge in [0, 0.05) is 25.7 Å². The fourth-order valence-corrected chi connectivity index (χ4v) is 4.08. The van der Waals surface area contributed by atoms with Crippen LogP contribution in [0.3, 0.4) is 0 Å². The lowest BCUT2D eigenvalue weighted by molar-refractivity contribution is -0.385. The Morgan fingerprint density at radius 1 is 1.15 bits per heavy atom. The van der Waals surface area contributed by atoms with Crippen LogP contribution in [0.4, 0.5) is 15.8 Å². The van der Waals surface area contributed by atoms with Gasteiger partial charge in [-0.15, -0.1) is 0 Å². The van der Waals surface area contributed by atoms with Gasteiger partial charge in [-0.25, -0.2) is 12.8 Å². The maximum Gasteiger partial charge on any atom is 0.272 e. The Morgan fingerprint density at radius 2 is 1.81 bits per heavy atom. The van der Waals surface area contributed by atoms with Crippen LogP contribution in [0.5, 0.6) is 0 Å². The van der Waals surface area contributed by atoms with Crippen molar-refractivity contribution in [3.63, 3.8) is 0 Å². The zero-order valence-electron chi connectivity index (χ0n) is 14.3. The van der Waals surface area contributed by atoms with E-state index in [1.807, 2.05) is 0 Å². The zero-order chi connectivity index (χ0) is 19.4. The number of anilines is 1. The molecule has 10 heteroatoms. The molecule has 1 aliphatic heterocycles. The number of nitro groups is 1. The number of nitrogens with zero attached hydrogens (tertiary/aromatic N) is 2. The predicted molar refractivity (Wildman–Crippen MR) is 96.4 cm³/mol. The van der Waals surface area contributed by atoms with Crippen LogP contribution in [0.25, 0.3) is 0 Å². The fourth-order valence-electron chi connectivity index (χ4n) is 2.67. The Labute approximate surface area is 155 Å². The summed E-state index contributed by atoms with van der Waals surface area (Å²) in [6.45, 7) is 1.65. The monoisotopic (exact) mass is 395 g/mol. The van der Waals surface area contributed by atoms with Gasteiger partial charge in [-0.3, -0.25) is 10.1 Å². The molecular formula is C17H18FN3O5S. The number of nitrogens with one attached hydrogen (secondary N) is 1. The maximum atomic E-state index is 13.9. The van der Waals surface area contributed by atoms with Crippen LogP contribution in [0.15, 0.2) is 47.4 Å². The van der Waals surface area contributed by atoms with Gasteiger partial charge in [0.05, 0.1) is 34.8 Å². The molecule has 2 aromatic rings. The highest BCUT2D eigenvalue weighted by molar-refractivity contribution is 7.89. The van der Waals surface area contributed by atoms with E-state index in [1.54, 1.807) is 12.1 Å². The summed E-state index contributed by atoms with van der Waals surface area (Å²) in [6, 6.07) is 9.66. The summed E-state index contributed by atoms with van der Waals surface area (Å²) in [6.07, 6.45) is 0. The van der Waals surface area contributed by atoms with Crippen LogP contribution in [0, 0.1) is 15.9 Å². The van der Waals surface area contributed by atoms with E-state index in [1.165, 1.54) is 28.6 Å². The van der Waals surface area contributed by atoms with Crippen LogP contribution < -0.4 is 5.32 Å². The molecule has 1 aliphatic rings. The minimum Gasteiger partial charge on any atom is -0.379 e. The van der Waals surface area contributed by atoms with Gasteiger partial charge in [-0.1, -0.05) is 12.1 Å². The Bertz CT molecular complexity index is 928. The van der Waals surface area contributed by atoms with Crippen molar-refractivity contribution < 1.29 is 22.5 Å². The number of sulfonamides is 1. The fraction of sp³-hybridized carbons (Fsp3) is 0.294. The molecule has 1 N–H and O–H groups in total. The average Bonchev–Trinajstić information content (AvgIpc) is 2.68. The highest BCUT2D eigenvalue weighted by Crippen LogP contribution is 2.22.